The summed E-state index contributed by atoms with van der Waals surface area (Å²) in [6.45, 7) is 3.81. The van der Waals surface area contributed by atoms with Crippen molar-refractivity contribution in [2.24, 2.45) is 0 Å². The van der Waals surface area contributed by atoms with E-state index in [0.717, 1.165) is 6.07 Å². The van der Waals surface area contributed by atoms with E-state index in [2.05, 4.69) is 15.9 Å². The summed E-state index contributed by atoms with van der Waals surface area (Å²) in [6, 6.07) is 2.47. The molecule has 108 valence electrons. The molecule has 2 nitrogen and oxygen atoms in total. The predicted molar refractivity (Wildman–Crippen MR) is 76.0 cm³/mol. The van der Waals surface area contributed by atoms with Crippen LogP contribution >= 0.6 is 15.9 Å². The van der Waals surface area contributed by atoms with E-state index in [1.54, 1.807) is 0 Å². The number of aliphatic hydroxyl groups is 1. The van der Waals surface area contributed by atoms with Gasteiger partial charge in [0.25, 0.3) is 0 Å². The second-order valence-electron chi connectivity index (χ2n) is 4.86. The Morgan fingerprint density at radius 3 is 2.21 bits per heavy atom. The molecule has 1 N–H and O–H groups in total. The molecule has 1 aromatic rings. The van der Waals surface area contributed by atoms with Crippen LogP contribution in [0.2, 0.25) is 0 Å². The van der Waals surface area contributed by atoms with E-state index in [0.29, 0.717) is 12.8 Å². The molecular formula is C14H20BrF2NO. The topological polar surface area (TPSA) is 23.5 Å². The maximum absolute atomic E-state index is 14.1. The molecule has 0 saturated heterocycles. The fraction of sp³-hybridized carbons (Fsp3) is 0.571. The quantitative estimate of drug-likeness (QED) is 0.825. The number of nitrogens with zero attached hydrogens (tertiary/aromatic N) is 1. The maximum Gasteiger partial charge on any atom is 0.146 e. The highest BCUT2D eigenvalue weighted by Gasteiger charge is 2.40. The van der Waals surface area contributed by atoms with Crippen LogP contribution in [0.15, 0.2) is 16.6 Å². The van der Waals surface area contributed by atoms with Crippen molar-refractivity contribution in [1.29, 1.82) is 0 Å². The van der Waals surface area contributed by atoms with Gasteiger partial charge < -0.3 is 10.0 Å². The van der Waals surface area contributed by atoms with Crippen molar-refractivity contribution in [2.45, 2.75) is 38.3 Å². The number of aliphatic hydroxyl groups excluding tert-OH is 1. The van der Waals surface area contributed by atoms with Crippen molar-refractivity contribution in [3.63, 3.8) is 0 Å². The Morgan fingerprint density at radius 1 is 1.26 bits per heavy atom. The third kappa shape index (κ3) is 2.83. The summed E-state index contributed by atoms with van der Waals surface area (Å²) in [5, 5.41) is 10.5. The van der Waals surface area contributed by atoms with Gasteiger partial charge in [0.15, 0.2) is 0 Å². The monoisotopic (exact) mass is 335 g/mol. The summed E-state index contributed by atoms with van der Waals surface area (Å²) in [5.41, 5.74) is -0.963. The summed E-state index contributed by atoms with van der Waals surface area (Å²) >= 11 is 3.03. The van der Waals surface area contributed by atoms with Gasteiger partial charge in [-0.05, 0) is 55.0 Å². The first-order chi connectivity index (χ1) is 8.81. The minimum Gasteiger partial charge on any atom is -0.386 e. The summed E-state index contributed by atoms with van der Waals surface area (Å²) < 4.78 is 28.2. The lowest BCUT2D eigenvalue weighted by molar-refractivity contribution is -0.0188. The second-order valence-corrected chi connectivity index (χ2v) is 5.72. The van der Waals surface area contributed by atoms with Gasteiger partial charge in [0.05, 0.1) is 15.6 Å². The molecule has 1 atom stereocenters. The first kappa shape index (κ1) is 16.5. The molecule has 5 heteroatoms. The van der Waals surface area contributed by atoms with Gasteiger partial charge in [-0.3, -0.25) is 0 Å². The molecule has 1 unspecified atom stereocenters. The molecule has 19 heavy (non-hydrogen) atoms. The van der Waals surface area contributed by atoms with Crippen LogP contribution in [0.25, 0.3) is 0 Å². The second kappa shape index (κ2) is 6.29. The molecule has 1 aromatic carbocycles. The van der Waals surface area contributed by atoms with E-state index in [4.69, 9.17) is 0 Å². The molecular weight excluding hydrogens is 316 g/mol. The highest BCUT2D eigenvalue weighted by Crippen LogP contribution is 2.39. The van der Waals surface area contributed by atoms with Gasteiger partial charge in [-0.25, -0.2) is 8.78 Å². The van der Waals surface area contributed by atoms with Gasteiger partial charge in [0, 0.05) is 0 Å². The molecule has 0 aliphatic carbocycles. The maximum atomic E-state index is 14.1. The Labute approximate surface area is 121 Å². The Morgan fingerprint density at radius 2 is 1.79 bits per heavy atom. The number of likely N-dealkylation sites (N-methyl/N-ethyl adjacent to an activating group) is 1. The molecule has 0 fully saturated rings. The largest absolute Gasteiger partial charge is 0.386 e. The minimum absolute atomic E-state index is 0.155. The minimum atomic E-state index is -1.23. The normalized spacial score (nSPS) is 13.9. The van der Waals surface area contributed by atoms with Crippen LogP contribution in [-0.2, 0) is 0 Å². The summed E-state index contributed by atoms with van der Waals surface area (Å²) in [5.74, 6) is -1.46. The van der Waals surface area contributed by atoms with E-state index in [1.807, 2.05) is 32.8 Å². The number of rotatable bonds is 5. The van der Waals surface area contributed by atoms with Gasteiger partial charge >= 0.3 is 0 Å². The average Bonchev–Trinajstić information content (AvgIpc) is 2.36. The molecule has 0 aliphatic heterocycles. The molecule has 0 amide bonds. The zero-order valence-corrected chi connectivity index (χ0v) is 13.3. The highest BCUT2D eigenvalue weighted by atomic mass is 79.9. The number of benzene rings is 1. The van der Waals surface area contributed by atoms with Crippen LogP contribution in [0, 0.1) is 11.6 Å². The number of hydrogen-bond donors (Lipinski definition) is 1. The highest BCUT2D eigenvalue weighted by molar-refractivity contribution is 9.10. The first-order valence-corrected chi connectivity index (χ1v) is 7.10. The lowest BCUT2D eigenvalue weighted by Gasteiger charge is -2.42. The molecule has 0 aromatic heterocycles. The van der Waals surface area contributed by atoms with Crippen LogP contribution in [0.1, 0.15) is 38.4 Å². The van der Waals surface area contributed by atoms with Crippen molar-refractivity contribution in [2.75, 3.05) is 14.1 Å². The molecule has 0 saturated carbocycles. The zero-order valence-electron chi connectivity index (χ0n) is 11.7. The standard InChI is InChI=1S/C14H20BrF2NO/c1-5-14(6-2,18(3)4)13(19)11-10(16)8-7-9(15)12(11)17/h7-8,13,19H,5-6H2,1-4H3. The SMILES string of the molecule is CCC(CC)(C(O)c1c(F)ccc(Br)c1F)N(C)C. The molecule has 0 radical (unpaired) electrons. The van der Waals surface area contributed by atoms with Crippen molar-refractivity contribution in [1.82, 2.24) is 4.90 Å². The molecule has 0 bridgehead atoms. The Bertz CT molecular complexity index is 447. The zero-order chi connectivity index (χ0) is 14.8. The van der Waals surface area contributed by atoms with Gasteiger partial charge in [-0.2, -0.15) is 0 Å². The van der Waals surface area contributed by atoms with E-state index >= 15 is 0 Å². The Kier molecular flexibility index (Phi) is 5.47. The van der Waals surface area contributed by atoms with Crippen molar-refractivity contribution in [3.8, 4) is 0 Å². The fourth-order valence-corrected chi connectivity index (χ4v) is 2.92. The van der Waals surface area contributed by atoms with Crippen LogP contribution in [0.3, 0.4) is 0 Å². The van der Waals surface area contributed by atoms with Gasteiger partial charge in [-0.1, -0.05) is 13.8 Å². The van der Waals surface area contributed by atoms with Crippen LogP contribution in [0.4, 0.5) is 8.78 Å². The Balaban J connectivity index is 3.40. The van der Waals surface area contributed by atoms with Crippen LogP contribution < -0.4 is 0 Å². The fourth-order valence-electron chi connectivity index (χ4n) is 2.58. The van der Waals surface area contributed by atoms with Crippen molar-refractivity contribution < 1.29 is 13.9 Å². The average molecular weight is 336 g/mol. The van der Waals surface area contributed by atoms with Gasteiger partial charge in [-0.15, -0.1) is 0 Å². The summed E-state index contributed by atoms with van der Waals surface area (Å²) in [4.78, 5) is 1.83. The van der Waals surface area contributed by atoms with E-state index in [-0.39, 0.29) is 10.0 Å². The third-order valence-electron chi connectivity index (χ3n) is 3.98. The number of hydrogen-bond acceptors (Lipinski definition) is 2. The Hall–Kier alpha value is -0.520. The van der Waals surface area contributed by atoms with E-state index in [9.17, 15) is 13.9 Å². The molecule has 0 aliphatic rings. The van der Waals surface area contributed by atoms with E-state index < -0.39 is 23.3 Å². The summed E-state index contributed by atoms with van der Waals surface area (Å²) in [7, 11) is 3.62. The lowest BCUT2D eigenvalue weighted by atomic mass is 9.81. The summed E-state index contributed by atoms with van der Waals surface area (Å²) in [6.07, 6.45) is -0.0541. The third-order valence-corrected chi connectivity index (χ3v) is 4.59. The predicted octanol–water partition coefficient (Wildman–Crippen LogP) is 3.88. The molecule has 0 spiro atoms. The van der Waals surface area contributed by atoms with Crippen LogP contribution in [0.5, 0.6) is 0 Å². The molecule has 1 rings (SSSR count). The van der Waals surface area contributed by atoms with Crippen LogP contribution in [-0.4, -0.2) is 29.6 Å². The molecule has 0 heterocycles. The van der Waals surface area contributed by atoms with Gasteiger partial charge in [0.2, 0.25) is 0 Å². The number of halogens is 3. The van der Waals surface area contributed by atoms with Gasteiger partial charge in [0.1, 0.15) is 17.7 Å². The van der Waals surface area contributed by atoms with Crippen molar-refractivity contribution >= 4 is 15.9 Å². The van der Waals surface area contributed by atoms with E-state index in [1.165, 1.54) is 6.07 Å². The lowest BCUT2D eigenvalue weighted by Crippen LogP contribution is -2.48. The first-order valence-electron chi connectivity index (χ1n) is 6.30. The smallest absolute Gasteiger partial charge is 0.146 e. The van der Waals surface area contributed by atoms with Crippen molar-refractivity contribution in [3.05, 3.63) is 33.8 Å².